The van der Waals surface area contributed by atoms with Crippen molar-refractivity contribution in [3.8, 4) is 5.69 Å². The van der Waals surface area contributed by atoms with Crippen molar-refractivity contribution in [1.29, 1.82) is 0 Å². The van der Waals surface area contributed by atoms with Crippen molar-refractivity contribution in [3.63, 3.8) is 0 Å². The van der Waals surface area contributed by atoms with Gasteiger partial charge in [0, 0.05) is 24.7 Å². The number of aromatic nitrogens is 3. The van der Waals surface area contributed by atoms with Gasteiger partial charge in [-0.2, -0.15) is 5.10 Å². The number of halogens is 1. The van der Waals surface area contributed by atoms with Gasteiger partial charge in [0.1, 0.15) is 12.7 Å². The Balaban J connectivity index is 0.00000192. The summed E-state index contributed by atoms with van der Waals surface area (Å²) in [4.78, 5) is 18.6. The first-order valence-corrected chi connectivity index (χ1v) is 7.61. The van der Waals surface area contributed by atoms with E-state index in [0.29, 0.717) is 6.04 Å². The van der Waals surface area contributed by atoms with Gasteiger partial charge in [-0.1, -0.05) is 0 Å². The molecule has 124 valence electrons. The van der Waals surface area contributed by atoms with Gasteiger partial charge in [0.25, 0.3) is 5.91 Å². The van der Waals surface area contributed by atoms with Gasteiger partial charge in [-0.05, 0) is 50.6 Å². The molecule has 2 aromatic rings. The number of rotatable bonds is 3. The van der Waals surface area contributed by atoms with Crippen molar-refractivity contribution >= 4 is 18.3 Å². The lowest BCUT2D eigenvalue weighted by Crippen LogP contribution is -2.44. The summed E-state index contributed by atoms with van der Waals surface area (Å²) in [7, 11) is 1.98. The van der Waals surface area contributed by atoms with Crippen molar-refractivity contribution in [3.05, 3.63) is 42.0 Å². The monoisotopic (exact) mass is 335 g/mol. The van der Waals surface area contributed by atoms with Crippen molar-refractivity contribution in [1.82, 2.24) is 25.0 Å². The van der Waals surface area contributed by atoms with E-state index in [1.165, 1.54) is 6.33 Å². The number of amides is 1. The molecule has 0 atom stereocenters. The number of benzene rings is 1. The fourth-order valence-corrected chi connectivity index (χ4v) is 2.91. The van der Waals surface area contributed by atoms with Crippen LogP contribution in [-0.4, -0.2) is 51.8 Å². The second-order valence-electron chi connectivity index (χ2n) is 5.69. The first kappa shape index (κ1) is 17.4. The van der Waals surface area contributed by atoms with Gasteiger partial charge in [0.2, 0.25) is 0 Å². The van der Waals surface area contributed by atoms with Crippen LogP contribution >= 0.6 is 12.4 Å². The molecule has 0 bridgehead atoms. The lowest BCUT2D eigenvalue weighted by Gasteiger charge is -2.32. The number of carbonyl (C=O) groups excluding carboxylic acids is 1. The molecule has 1 amide bonds. The lowest BCUT2D eigenvalue weighted by atomic mass is 10.0. The summed E-state index contributed by atoms with van der Waals surface area (Å²) in [5.41, 5.74) is 2.65. The second-order valence-corrected chi connectivity index (χ2v) is 5.69. The SMILES string of the molecule is CNC1CCN(C(=O)c2ccc(-n3cncn3)cc2C)CC1.Cl. The van der Waals surface area contributed by atoms with Crippen LogP contribution in [0.3, 0.4) is 0 Å². The first-order valence-electron chi connectivity index (χ1n) is 7.61. The number of carbonyl (C=O) groups is 1. The predicted octanol–water partition coefficient (Wildman–Crippen LogP) is 1.82. The summed E-state index contributed by atoms with van der Waals surface area (Å²) in [6.45, 7) is 3.59. The molecule has 1 N–H and O–H groups in total. The third-order valence-electron chi connectivity index (χ3n) is 4.31. The number of piperidine rings is 1. The minimum Gasteiger partial charge on any atom is -0.339 e. The molecule has 6 nitrogen and oxygen atoms in total. The fraction of sp³-hybridized carbons (Fsp3) is 0.438. The van der Waals surface area contributed by atoms with Crippen LogP contribution in [0.15, 0.2) is 30.9 Å². The molecule has 0 unspecified atom stereocenters. The Hall–Kier alpha value is -1.92. The smallest absolute Gasteiger partial charge is 0.254 e. The lowest BCUT2D eigenvalue weighted by molar-refractivity contribution is 0.0706. The summed E-state index contributed by atoms with van der Waals surface area (Å²) in [6.07, 6.45) is 5.18. The predicted molar refractivity (Wildman–Crippen MR) is 91.3 cm³/mol. The van der Waals surface area contributed by atoms with Crippen LogP contribution in [0.2, 0.25) is 0 Å². The Bertz CT molecular complexity index is 650. The standard InChI is InChI=1S/C16H21N5O.ClH/c1-12-9-14(21-11-18-10-19-21)3-4-15(12)16(22)20-7-5-13(17-2)6-8-20;/h3-4,9-11,13,17H,5-8H2,1-2H3;1H. The summed E-state index contributed by atoms with van der Waals surface area (Å²) in [5.74, 6) is 0.122. The number of nitrogens with zero attached hydrogens (tertiary/aromatic N) is 4. The maximum atomic E-state index is 12.7. The van der Waals surface area contributed by atoms with E-state index < -0.39 is 0 Å². The van der Waals surface area contributed by atoms with E-state index >= 15 is 0 Å². The molecule has 0 saturated carbocycles. The molecule has 2 heterocycles. The van der Waals surface area contributed by atoms with Crippen molar-refractivity contribution in [2.45, 2.75) is 25.8 Å². The molecule has 1 fully saturated rings. The third-order valence-corrected chi connectivity index (χ3v) is 4.31. The Labute approximate surface area is 142 Å². The van der Waals surface area contributed by atoms with Crippen LogP contribution in [-0.2, 0) is 0 Å². The minimum absolute atomic E-state index is 0. The first-order chi connectivity index (χ1) is 10.7. The van der Waals surface area contributed by atoms with Crippen LogP contribution in [0.5, 0.6) is 0 Å². The van der Waals surface area contributed by atoms with Gasteiger partial charge < -0.3 is 10.2 Å². The third kappa shape index (κ3) is 3.71. The van der Waals surface area contributed by atoms with Crippen molar-refractivity contribution in [2.24, 2.45) is 0 Å². The average Bonchev–Trinajstić information content (AvgIpc) is 3.09. The Morgan fingerprint density at radius 1 is 1.30 bits per heavy atom. The highest BCUT2D eigenvalue weighted by Crippen LogP contribution is 2.18. The Kier molecular flexibility index (Phi) is 5.74. The molecule has 23 heavy (non-hydrogen) atoms. The normalized spacial score (nSPS) is 15.3. The van der Waals surface area contributed by atoms with E-state index in [1.54, 1.807) is 11.0 Å². The number of aryl methyl sites for hydroxylation is 1. The summed E-state index contributed by atoms with van der Waals surface area (Å²) >= 11 is 0. The highest BCUT2D eigenvalue weighted by molar-refractivity contribution is 5.96. The van der Waals surface area contributed by atoms with Crippen LogP contribution < -0.4 is 5.32 Å². The zero-order chi connectivity index (χ0) is 15.5. The van der Waals surface area contributed by atoms with E-state index in [1.807, 2.05) is 37.1 Å². The van der Waals surface area contributed by atoms with Crippen molar-refractivity contribution in [2.75, 3.05) is 20.1 Å². The van der Waals surface area contributed by atoms with Gasteiger partial charge in [-0.15, -0.1) is 12.4 Å². The van der Waals surface area contributed by atoms with Gasteiger partial charge in [-0.3, -0.25) is 4.79 Å². The molecule has 1 aliphatic heterocycles. The van der Waals surface area contributed by atoms with E-state index in [2.05, 4.69) is 15.4 Å². The quantitative estimate of drug-likeness (QED) is 0.929. The van der Waals surface area contributed by atoms with Gasteiger partial charge >= 0.3 is 0 Å². The maximum Gasteiger partial charge on any atom is 0.254 e. The van der Waals surface area contributed by atoms with Gasteiger partial charge in [-0.25, -0.2) is 9.67 Å². The van der Waals surface area contributed by atoms with E-state index in [0.717, 1.165) is 42.7 Å². The molecule has 0 spiro atoms. The fourth-order valence-electron chi connectivity index (χ4n) is 2.91. The molecule has 1 aromatic carbocycles. The van der Waals surface area contributed by atoms with E-state index in [4.69, 9.17) is 0 Å². The number of likely N-dealkylation sites (tertiary alicyclic amines) is 1. The second kappa shape index (κ2) is 7.57. The van der Waals surface area contributed by atoms with Gasteiger partial charge in [0.15, 0.2) is 0 Å². The maximum absolute atomic E-state index is 12.7. The molecule has 1 aromatic heterocycles. The van der Waals surface area contributed by atoms with Crippen molar-refractivity contribution < 1.29 is 4.79 Å². The van der Waals surface area contributed by atoms with Crippen LogP contribution in [0.4, 0.5) is 0 Å². The summed E-state index contributed by atoms with van der Waals surface area (Å²) < 4.78 is 1.69. The molecule has 1 aliphatic rings. The molecule has 0 aliphatic carbocycles. The molecule has 7 heteroatoms. The zero-order valence-corrected chi connectivity index (χ0v) is 14.2. The highest BCUT2D eigenvalue weighted by atomic mass is 35.5. The van der Waals surface area contributed by atoms with Crippen LogP contribution in [0, 0.1) is 6.92 Å². The molecule has 3 rings (SSSR count). The van der Waals surface area contributed by atoms with Gasteiger partial charge in [0.05, 0.1) is 5.69 Å². The molecular weight excluding hydrogens is 314 g/mol. The number of nitrogens with one attached hydrogen (secondary N) is 1. The van der Waals surface area contributed by atoms with E-state index in [-0.39, 0.29) is 18.3 Å². The number of hydrogen-bond acceptors (Lipinski definition) is 4. The zero-order valence-electron chi connectivity index (χ0n) is 13.4. The topological polar surface area (TPSA) is 63.1 Å². The Morgan fingerprint density at radius 2 is 2.04 bits per heavy atom. The summed E-state index contributed by atoms with van der Waals surface area (Å²) in [6, 6.07) is 6.30. The molecule has 1 saturated heterocycles. The van der Waals surface area contributed by atoms with E-state index in [9.17, 15) is 4.79 Å². The highest BCUT2D eigenvalue weighted by Gasteiger charge is 2.23. The summed E-state index contributed by atoms with van der Waals surface area (Å²) in [5, 5.41) is 7.40. The molecular formula is C16H22ClN5O. The minimum atomic E-state index is 0. The average molecular weight is 336 g/mol. The number of hydrogen-bond donors (Lipinski definition) is 1. The van der Waals surface area contributed by atoms with Crippen LogP contribution in [0.1, 0.15) is 28.8 Å². The van der Waals surface area contributed by atoms with Crippen LogP contribution in [0.25, 0.3) is 5.69 Å². The Morgan fingerprint density at radius 3 is 2.61 bits per heavy atom. The largest absolute Gasteiger partial charge is 0.339 e. The molecule has 0 radical (unpaired) electrons.